The van der Waals surface area contributed by atoms with E-state index in [9.17, 15) is 8.42 Å². The van der Waals surface area contributed by atoms with Gasteiger partial charge in [-0.05, 0) is 12.1 Å². The minimum absolute atomic E-state index is 0.0966. The van der Waals surface area contributed by atoms with E-state index in [0.717, 1.165) is 22.3 Å². The first-order chi connectivity index (χ1) is 10.0. The van der Waals surface area contributed by atoms with Gasteiger partial charge in [-0.25, -0.2) is 13.4 Å². The second-order valence-corrected chi connectivity index (χ2v) is 7.21. The van der Waals surface area contributed by atoms with Gasteiger partial charge in [-0.1, -0.05) is 18.2 Å². The van der Waals surface area contributed by atoms with Crippen LogP contribution < -0.4 is 0 Å². The molecule has 0 N–H and O–H groups in total. The maximum atomic E-state index is 11.3. The molecule has 0 radical (unpaired) electrons. The number of hydrogen-bond donors (Lipinski definition) is 0. The molecule has 0 atom stereocenters. The first kappa shape index (κ1) is 13.8. The van der Waals surface area contributed by atoms with E-state index in [4.69, 9.17) is 0 Å². The molecule has 2 aromatic heterocycles. The highest BCUT2D eigenvalue weighted by molar-refractivity contribution is 7.90. The van der Waals surface area contributed by atoms with Crippen molar-refractivity contribution in [3.63, 3.8) is 0 Å². The number of aryl methyl sites for hydroxylation is 1. The number of imidazole rings is 1. The molecule has 21 heavy (non-hydrogen) atoms. The van der Waals surface area contributed by atoms with Gasteiger partial charge in [-0.3, -0.25) is 4.98 Å². The topological polar surface area (TPSA) is 64.8 Å². The smallest absolute Gasteiger partial charge is 0.149 e. The summed E-state index contributed by atoms with van der Waals surface area (Å²) in [4.78, 5) is 8.71. The average molecular weight is 301 g/mol. The molecule has 3 rings (SSSR count). The van der Waals surface area contributed by atoms with Gasteiger partial charge in [-0.15, -0.1) is 0 Å². The van der Waals surface area contributed by atoms with Gasteiger partial charge in [-0.2, -0.15) is 0 Å². The molecule has 2 heterocycles. The third-order valence-corrected chi connectivity index (χ3v) is 4.23. The fourth-order valence-corrected chi connectivity index (χ4v) is 2.82. The fraction of sp³-hybridized carbons (Fsp3) is 0.200. The Morgan fingerprint density at radius 3 is 2.71 bits per heavy atom. The van der Waals surface area contributed by atoms with Crippen molar-refractivity contribution in [3.05, 3.63) is 48.9 Å². The van der Waals surface area contributed by atoms with Crippen molar-refractivity contribution in [1.29, 1.82) is 0 Å². The SMILES string of the molecule is CS(=O)(=O)CCn1ccnc1-c1ccnc2ccccc12. The number of aromatic nitrogens is 3. The quantitative estimate of drug-likeness (QED) is 0.740. The summed E-state index contributed by atoms with van der Waals surface area (Å²) in [5.74, 6) is 0.858. The van der Waals surface area contributed by atoms with E-state index in [2.05, 4.69) is 9.97 Å². The highest BCUT2D eigenvalue weighted by atomic mass is 32.2. The Kier molecular flexibility index (Phi) is 3.47. The largest absolute Gasteiger partial charge is 0.330 e. The Hall–Kier alpha value is -2.21. The van der Waals surface area contributed by atoms with Crippen LogP contribution in [0, 0.1) is 0 Å². The van der Waals surface area contributed by atoms with Gasteiger partial charge >= 0.3 is 0 Å². The molecule has 6 heteroatoms. The van der Waals surface area contributed by atoms with Gasteiger partial charge in [0.05, 0.1) is 11.3 Å². The zero-order chi connectivity index (χ0) is 14.9. The minimum atomic E-state index is -3.00. The molecule has 0 fully saturated rings. The van der Waals surface area contributed by atoms with Crippen molar-refractivity contribution >= 4 is 20.7 Å². The van der Waals surface area contributed by atoms with Crippen LogP contribution in [0.2, 0.25) is 0 Å². The monoisotopic (exact) mass is 301 g/mol. The predicted molar refractivity (Wildman–Crippen MR) is 82.7 cm³/mol. The molecule has 0 unspecified atom stereocenters. The van der Waals surface area contributed by atoms with Crippen LogP contribution in [0.25, 0.3) is 22.3 Å². The molecule has 0 aliphatic rings. The zero-order valence-electron chi connectivity index (χ0n) is 11.6. The highest BCUT2D eigenvalue weighted by Gasteiger charge is 2.11. The lowest BCUT2D eigenvalue weighted by Crippen LogP contribution is -2.11. The van der Waals surface area contributed by atoms with E-state index < -0.39 is 9.84 Å². The molecule has 0 saturated carbocycles. The maximum Gasteiger partial charge on any atom is 0.149 e. The van der Waals surface area contributed by atoms with Crippen molar-refractivity contribution < 1.29 is 8.42 Å². The normalized spacial score (nSPS) is 11.9. The summed E-state index contributed by atoms with van der Waals surface area (Å²) in [6.45, 7) is 0.394. The number of fused-ring (bicyclic) bond motifs is 1. The number of para-hydroxylation sites is 1. The third kappa shape index (κ3) is 2.95. The van der Waals surface area contributed by atoms with Crippen molar-refractivity contribution in [3.8, 4) is 11.4 Å². The maximum absolute atomic E-state index is 11.3. The summed E-state index contributed by atoms with van der Waals surface area (Å²) in [7, 11) is -3.00. The number of hydrogen-bond acceptors (Lipinski definition) is 4. The summed E-state index contributed by atoms with van der Waals surface area (Å²) in [6, 6.07) is 9.74. The summed E-state index contributed by atoms with van der Waals surface area (Å²) in [6.07, 6.45) is 6.47. The van der Waals surface area contributed by atoms with Gasteiger partial charge in [0.2, 0.25) is 0 Å². The number of pyridine rings is 1. The molecule has 3 aromatic rings. The fourth-order valence-electron chi connectivity index (χ4n) is 2.29. The molecule has 0 aliphatic heterocycles. The number of benzene rings is 1. The minimum Gasteiger partial charge on any atom is -0.330 e. The van der Waals surface area contributed by atoms with E-state index in [1.54, 1.807) is 18.6 Å². The standard InChI is InChI=1S/C15H15N3O2S/c1-21(19,20)11-10-18-9-8-17-15(18)13-6-7-16-14-5-3-2-4-12(13)14/h2-9H,10-11H2,1H3. The number of nitrogens with zero attached hydrogens (tertiary/aromatic N) is 3. The number of rotatable bonds is 4. The van der Waals surface area contributed by atoms with Gasteiger partial charge in [0.25, 0.3) is 0 Å². The lowest BCUT2D eigenvalue weighted by atomic mass is 10.1. The van der Waals surface area contributed by atoms with E-state index in [1.165, 1.54) is 6.26 Å². The zero-order valence-corrected chi connectivity index (χ0v) is 12.4. The molecule has 0 bridgehead atoms. The van der Waals surface area contributed by atoms with E-state index in [0.29, 0.717) is 6.54 Å². The Bertz CT molecular complexity index is 879. The molecule has 0 saturated heterocycles. The molecule has 1 aromatic carbocycles. The predicted octanol–water partition coefficient (Wildman–Crippen LogP) is 2.14. The first-order valence-electron chi connectivity index (χ1n) is 6.57. The Labute approximate surface area is 123 Å². The summed E-state index contributed by atoms with van der Waals surface area (Å²) < 4.78 is 24.5. The average Bonchev–Trinajstić information content (AvgIpc) is 2.92. The lowest BCUT2D eigenvalue weighted by molar-refractivity contribution is 0.595. The van der Waals surface area contributed by atoms with Crippen LogP contribution in [0.15, 0.2) is 48.9 Å². The molecule has 0 aliphatic carbocycles. The summed E-state index contributed by atoms with van der Waals surface area (Å²) in [5.41, 5.74) is 1.85. The number of sulfone groups is 1. The van der Waals surface area contributed by atoms with E-state index in [-0.39, 0.29) is 5.75 Å². The van der Waals surface area contributed by atoms with E-state index in [1.807, 2.05) is 34.9 Å². The molecular weight excluding hydrogens is 286 g/mol. The summed E-state index contributed by atoms with van der Waals surface area (Å²) >= 11 is 0. The van der Waals surface area contributed by atoms with Crippen LogP contribution in [0.4, 0.5) is 0 Å². The van der Waals surface area contributed by atoms with Crippen LogP contribution >= 0.6 is 0 Å². The van der Waals surface area contributed by atoms with Gasteiger partial charge < -0.3 is 4.57 Å². The molecule has 5 nitrogen and oxygen atoms in total. The molecule has 0 amide bonds. The molecule has 108 valence electrons. The molecular formula is C15H15N3O2S. The van der Waals surface area contributed by atoms with Crippen molar-refractivity contribution in [2.24, 2.45) is 0 Å². The van der Waals surface area contributed by atoms with Crippen molar-refractivity contribution in [1.82, 2.24) is 14.5 Å². The Balaban J connectivity index is 2.06. The molecule has 0 spiro atoms. The second-order valence-electron chi connectivity index (χ2n) is 4.95. The van der Waals surface area contributed by atoms with Gasteiger partial charge in [0, 0.05) is 42.3 Å². The van der Waals surface area contributed by atoms with Crippen molar-refractivity contribution in [2.45, 2.75) is 6.54 Å². The van der Waals surface area contributed by atoms with Crippen molar-refractivity contribution in [2.75, 3.05) is 12.0 Å². The Morgan fingerprint density at radius 2 is 1.90 bits per heavy atom. The van der Waals surface area contributed by atoms with Crippen LogP contribution in [0.3, 0.4) is 0 Å². The van der Waals surface area contributed by atoms with Crippen LogP contribution in [-0.2, 0) is 16.4 Å². The lowest BCUT2D eigenvalue weighted by Gasteiger charge is -2.09. The second kappa shape index (κ2) is 5.29. The van der Waals surface area contributed by atoms with Crippen LogP contribution in [-0.4, -0.2) is 35.0 Å². The van der Waals surface area contributed by atoms with Crippen LogP contribution in [0.1, 0.15) is 0 Å². The highest BCUT2D eigenvalue weighted by Crippen LogP contribution is 2.25. The summed E-state index contributed by atoms with van der Waals surface area (Å²) in [5, 5.41) is 1.01. The van der Waals surface area contributed by atoms with E-state index >= 15 is 0 Å². The third-order valence-electron chi connectivity index (χ3n) is 3.31. The Morgan fingerprint density at radius 1 is 1.10 bits per heavy atom. The first-order valence-corrected chi connectivity index (χ1v) is 8.64. The van der Waals surface area contributed by atoms with Crippen LogP contribution in [0.5, 0.6) is 0 Å². The van der Waals surface area contributed by atoms with Gasteiger partial charge in [0.15, 0.2) is 0 Å². The van der Waals surface area contributed by atoms with Gasteiger partial charge in [0.1, 0.15) is 15.7 Å².